The van der Waals surface area contributed by atoms with Crippen LogP contribution in [0.25, 0.3) is 0 Å². The third-order valence-corrected chi connectivity index (χ3v) is 5.64. The molecule has 1 fully saturated rings. The van der Waals surface area contributed by atoms with Crippen molar-refractivity contribution in [1.29, 1.82) is 0 Å². The van der Waals surface area contributed by atoms with Crippen LogP contribution in [0, 0.1) is 5.82 Å². The molecule has 11 heteroatoms. The Kier molecular flexibility index (Phi) is 5.19. The number of carbonyl (C=O) groups is 2. The van der Waals surface area contributed by atoms with E-state index in [0.29, 0.717) is 12.8 Å². The van der Waals surface area contributed by atoms with Gasteiger partial charge >= 0.3 is 5.92 Å². The van der Waals surface area contributed by atoms with Crippen molar-refractivity contribution in [3.63, 3.8) is 0 Å². The van der Waals surface area contributed by atoms with E-state index in [-0.39, 0.29) is 34.7 Å². The first-order valence-electron chi connectivity index (χ1n) is 9.83. The summed E-state index contributed by atoms with van der Waals surface area (Å²) in [6.45, 7) is -0.786. The normalized spacial score (nSPS) is 18.6. The van der Waals surface area contributed by atoms with Crippen LogP contribution in [0.15, 0.2) is 24.4 Å². The summed E-state index contributed by atoms with van der Waals surface area (Å²) in [6.07, 6.45) is 4.49. The van der Waals surface area contributed by atoms with Crippen LogP contribution >= 0.6 is 0 Å². The van der Waals surface area contributed by atoms with Crippen LogP contribution in [0.5, 0.6) is 0 Å². The highest BCUT2D eigenvalue weighted by Gasteiger charge is 2.48. The van der Waals surface area contributed by atoms with Crippen molar-refractivity contribution in [2.45, 2.75) is 37.6 Å². The Hall–Kier alpha value is -3.37. The zero-order valence-corrected chi connectivity index (χ0v) is 16.7. The third-order valence-electron chi connectivity index (χ3n) is 5.64. The fraction of sp³-hybridized carbons (Fsp3) is 0.400. The quantitative estimate of drug-likeness (QED) is 0.767. The monoisotopic (exact) mass is 434 g/mol. The molecule has 2 amide bonds. The number of anilines is 4. The molecule has 1 aliphatic carbocycles. The molecular formula is C20H21F3N6O2. The number of nitrogens with zero attached hydrogens (tertiary/aromatic N) is 4. The molecule has 1 aliphatic heterocycles. The van der Waals surface area contributed by atoms with E-state index in [2.05, 4.69) is 15.3 Å². The van der Waals surface area contributed by atoms with Gasteiger partial charge in [-0.25, -0.2) is 9.37 Å². The standard InChI is InChI=1S/C20H21F3N6O2/c1-28-15-9-25-19(26-14-7-6-11(16(24)30)8-13(14)21)27-17(15)29(12-4-2-3-5-12)10-20(22,23)18(28)31/h6-9,12H,2-5,10H2,1H3,(H2,24,30)(H,25,26,27). The number of hydrogen-bond acceptors (Lipinski definition) is 6. The van der Waals surface area contributed by atoms with Gasteiger partial charge in [-0.2, -0.15) is 13.8 Å². The number of hydrogen-bond donors (Lipinski definition) is 2. The van der Waals surface area contributed by atoms with Crippen molar-refractivity contribution in [2.75, 3.05) is 28.7 Å². The first-order valence-corrected chi connectivity index (χ1v) is 9.83. The van der Waals surface area contributed by atoms with Crippen LogP contribution in [0.3, 0.4) is 0 Å². The number of fused-ring (bicyclic) bond motifs is 1. The molecule has 1 aromatic carbocycles. The Labute approximate surface area is 176 Å². The minimum absolute atomic E-state index is 0.000624. The van der Waals surface area contributed by atoms with Gasteiger partial charge in [-0.3, -0.25) is 9.59 Å². The lowest BCUT2D eigenvalue weighted by Crippen LogP contribution is -2.48. The molecule has 0 bridgehead atoms. The average molecular weight is 434 g/mol. The second-order valence-corrected chi connectivity index (χ2v) is 7.72. The maximum atomic E-state index is 14.6. The molecule has 0 spiro atoms. The summed E-state index contributed by atoms with van der Waals surface area (Å²) in [5.41, 5.74) is 5.29. The lowest BCUT2D eigenvalue weighted by molar-refractivity contribution is -0.140. The number of amides is 2. The van der Waals surface area contributed by atoms with Gasteiger partial charge in [0.05, 0.1) is 18.4 Å². The number of benzene rings is 1. The van der Waals surface area contributed by atoms with Gasteiger partial charge in [0.25, 0.3) is 5.91 Å². The van der Waals surface area contributed by atoms with E-state index in [1.165, 1.54) is 30.3 Å². The van der Waals surface area contributed by atoms with E-state index in [1.807, 2.05) is 0 Å². The van der Waals surface area contributed by atoms with Gasteiger partial charge in [-0.1, -0.05) is 12.8 Å². The summed E-state index contributed by atoms with van der Waals surface area (Å²) >= 11 is 0. The highest BCUT2D eigenvalue weighted by molar-refractivity contribution is 6.02. The average Bonchev–Trinajstić information content (AvgIpc) is 3.24. The van der Waals surface area contributed by atoms with Crippen molar-refractivity contribution in [1.82, 2.24) is 9.97 Å². The van der Waals surface area contributed by atoms with E-state index in [9.17, 15) is 22.8 Å². The highest BCUT2D eigenvalue weighted by atomic mass is 19.3. The van der Waals surface area contributed by atoms with Crippen molar-refractivity contribution in [3.8, 4) is 0 Å². The molecule has 0 atom stereocenters. The van der Waals surface area contributed by atoms with E-state index in [4.69, 9.17) is 5.73 Å². The minimum atomic E-state index is -3.58. The predicted octanol–water partition coefficient (Wildman–Crippen LogP) is 2.82. The Morgan fingerprint density at radius 2 is 2.00 bits per heavy atom. The van der Waals surface area contributed by atoms with Crippen LogP contribution in [-0.4, -0.2) is 47.3 Å². The van der Waals surface area contributed by atoms with E-state index in [1.54, 1.807) is 0 Å². The number of primary amides is 1. The first kappa shape index (κ1) is 20.9. The smallest absolute Gasteiger partial charge is 0.342 e. The van der Waals surface area contributed by atoms with Crippen molar-refractivity contribution < 1.29 is 22.8 Å². The molecule has 2 heterocycles. The van der Waals surface area contributed by atoms with Crippen LogP contribution in [0.4, 0.5) is 36.3 Å². The molecule has 2 aromatic rings. The maximum absolute atomic E-state index is 14.6. The van der Waals surface area contributed by atoms with Gasteiger partial charge in [0.15, 0.2) is 5.82 Å². The lowest BCUT2D eigenvalue weighted by atomic mass is 10.2. The Morgan fingerprint density at radius 3 is 2.65 bits per heavy atom. The Bertz CT molecular complexity index is 1040. The van der Waals surface area contributed by atoms with E-state index in [0.717, 1.165) is 23.8 Å². The lowest BCUT2D eigenvalue weighted by Gasteiger charge is -2.31. The molecule has 164 valence electrons. The summed E-state index contributed by atoms with van der Waals surface area (Å²) in [7, 11) is 1.26. The fourth-order valence-electron chi connectivity index (χ4n) is 3.99. The topological polar surface area (TPSA) is 104 Å². The minimum Gasteiger partial charge on any atom is -0.366 e. The molecular weight excluding hydrogens is 413 g/mol. The van der Waals surface area contributed by atoms with E-state index < -0.39 is 30.1 Å². The summed E-state index contributed by atoms with van der Waals surface area (Å²) < 4.78 is 43.5. The fourth-order valence-corrected chi connectivity index (χ4v) is 3.99. The van der Waals surface area contributed by atoms with Gasteiger partial charge in [0.1, 0.15) is 11.5 Å². The summed E-state index contributed by atoms with van der Waals surface area (Å²) in [5, 5.41) is 2.70. The van der Waals surface area contributed by atoms with Crippen LogP contribution in [-0.2, 0) is 4.79 Å². The van der Waals surface area contributed by atoms with Crippen LogP contribution < -0.4 is 20.9 Å². The molecule has 8 nitrogen and oxygen atoms in total. The Balaban J connectivity index is 1.73. The SMILES string of the molecule is CN1C(=O)C(F)(F)CN(C2CCCC2)c2nc(Nc3ccc(C(N)=O)cc3F)ncc21. The van der Waals surface area contributed by atoms with Crippen LogP contribution in [0.2, 0.25) is 0 Å². The zero-order valence-electron chi connectivity index (χ0n) is 16.7. The molecule has 0 saturated heterocycles. The molecule has 0 unspecified atom stereocenters. The van der Waals surface area contributed by atoms with Crippen molar-refractivity contribution >= 4 is 35.0 Å². The second-order valence-electron chi connectivity index (χ2n) is 7.72. The number of nitrogens with two attached hydrogens (primary N) is 1. The van der Waals surface area contributed by atoms with E-state index >= 15 is 0 Å². The second kappa shape index (κ2) is 7.71. The number of halogens is 3. The Morgan fingerprint density at radius 1 is 1.29 bits per heavy atom. The molecule has 2 aliphatic rings. The first-order chi connectivity index (χ1) is 14.7. The number of carbonyl (C=O) groups excluding carboxylic acids is 2. The highest BCUT2D eigenvalue weighted by Crippen LogP contribution is 2.39. The van der Waals surface area contributed by atoms with Crippen LogP contribution in [0.1, 0.15) is 36.0 Å². The number of rotatable bonds is 4. The van der Waals surface area contributed by atoms with Gasteiger partial charge < -0.3 is 20.9 Å². The number of nitrogens with one attached hydrogen (secondary N) is 1. The predicted molar refractivity (Wildman–Crippen MR) is 108 cm³/mol. The van der Waals surface area contributed by atoms with Gasteiger partial charge in [-0.05, 0) is 31.0 Å². The molecule has 0 radical (unpaired) electrons. The molecule has 4 rings (SSSR count). The summed E-state index contributed by atoms with van der Waals surface area (Å²) in [6, 6.07) is 3.45. The molecule has 31 heavy (non-hydrogen) atoms. The maximum Gasteiger partial charge on any atom is 0.342 e. The molecule has 1 saturated carbocycles. The van der Waals surface area contributed by atoms with Gasteiger partial charge in [-0.15, -0.1) is 0 Å². The largest absolute Gasteiger partial charge is 0.366 e. The zero-order chi connectivity index (χ0) is 22.3. The third kappa shape index (κ3) is 3.87. The molecule has 3 N–H and O–H groups in total. The van der Waals surface area contributed by atoms with Gasteiger partial charge in [0.2, 0.25) is 11.9 Å². The van der Waals surface area contributed by atoms with Crippen molar-refractivity contribution in [3.05, 3.63) is 35.8 Å². The number of aromatic nitrogens is 2. The van der Waals surface area contributed by atoms with Gasteiger partial charge in [0, 0.05) is 18.7 Å². The summed E-state index contributed by atoms with van der Waals surface area (Å²) in [5.74, 6) is -6.27. The summed E-state index contributed by atoms with van der Waals surface area (Å²) in [4.78, 5) is 34.2. The number of alkyl halides is 2. The van der Waals surface area contributed by atoms with Crippen molar-refractivity contribution in [2.24, 2.45) is 5.73 Å². The molecule has 1 aromatic heterocycles.